The molecular weight excluding hydrogens is 252 g/mol. The molecule has 1 aromatic carbocycles. The summed E-state index contributed by atoms with van der Waals surface area (Å²) in [7, 11) is 0. The number of anilines is 1. The zero-order valence-electron chi connectivity index (χ0n) is 11.5. The average Bonchev–Trinajstić information content (AvgIpc) is 2.46. The summed E-state index contributed by atoms with van der Waals surface area (Å²) in [5.74, 6) is 0.0451. The number of carboxylic acids is 1. The van der Waals surface area contributed by atoms with Crippen LogP contribution in [0.3, 0.4) is 0 Å². The predicted octanol–water partition coefficient (Wildman–Crippen LogP) is 3.31. The molecule has 0 aliphatic carbocycles. The second-order valence-corrected chi connectivity index (χ2v) is 5.39. The highest BCUT2D eigenvalue weighted by molar-refractivity contribution is 6.02. The minimum absolute atomic E-state index is 0.313. The maximum atomic E-state index is 11.2. The second-order valence-electron chi connectivity index (χ2n) is 5.39. The SMILES string of the molecule is CC1CCCCN1c1ccc2c(C(=O)O)cccc2n1. The molecular formula is C16H18N2O2. The Morgan fingerprint density at radius 3 is 2.90 bits per heavy atom. The van der Waals surface area contributed by atoms with Crippen LogP contribution in [0.15, 0.2) is 30.3 Å². The lowest BCUT2D eigenvalue weighted by molar-refractivity contribution is 0.0699. The lowest BCUT2D eigenvalue weighted by atomic mass is 10.0. The highest BCUT2D eigenvalue weighted by Gasteiger charge is 2.20. The first kappa shape index (κ1) is 12.9. The Morgan fingerprint density at radius 2 is 2.15 bits per heavy atom. The normalized spacial score (nSPS) is 19.2. The topological polar surface area (TPSA) is 53.4 Å². The fourth-order valence-corrected chi connectivity index (χ4v) is 2.93. The van der Waals surface area contributed by atoms with Gasteiger partial charge >= 0.3 is 5.97 Å². The largest absolute Gasteiger partial charge is 0.478 e. The van der Waals surface area contributed by atoms with Gasteiger partial charge in [0.05, 0.1) is 11.1 Å². The van der Waals surface area contributed by atoms with Crippen molar-refractivity contribution < 1.29 is 9.90 Å². The van der Waals surface area contributed by atoms with E-state index in [2.05, 4.69) is 16.8 Å². The Kier molecular flexibility index (Phi) is 3.30. The first-order valence-corrected chi connectivity index (χ1v) is 7.06. The van der Waals surface area contributed by atoms with E-state index in [0.717, 1.165) is 17.9 Å². The van der Waals surface area contributed by atoms with E-state index < -0.39 is 5.97 Å². The van der Waals surface area contributed by atoms with Gasteiger partial charge in [0.2, 0.25) is 0 Å². The number of piperidine rings is 1. The monoisotopic (exact) mass is 270 g/mol. The van der Waals surface area contributed by atoms with Crippen LogP contribution in [0.5, 0.6) is 0 Å². The van der Waals surface area contributed by atoms with Crippen molar-refractivity contribution in [2.24, 2.45) is 0 Å². The number of hydrogen-bond donors (Lipinski definition) is 1. The van der Waals surface area contributed by atoms with E-state index in [1.807, 2.05) is 18.2 Å². The number of hydrogen-bond acceptors (Lipinski definition) is 3. The molecule has 2 heterocycles. The molecule has 0 saturated carbocycles. The molecule has 1 saturated heterocycles. The molecule has 1 aliphatic rings. The van der Waals surface area contributed by atoms with Crippen molar-refractivity contribution in [1.82, 2.24) is 4.98 Å². The molecule has 0 amide bonds. The highest BCUT2D eigenvalue weighted by Crippen LogP contribution is 2.26. The number of nitrogens with zero attached hydrogens (tertiary/aromatic N) is 2. The number of carboxylic acid groups (broad SMARTS) is 1. The van der Waals surface area contributed by atoms with E-state index in [-0.39, 0.29) is 0 Å². The Labute approximate surface area is 118 Å². The Morgan fingerprint density at radius 1 is 1.30 bits per heavy atom. The third-order valence-corrected chi connectivity index (χ3v) is 4.04. The van der Waals surface area contributed by atoms with Crippen molar-refractivity contribution in [3.8, 4) is 0 Å². The smallest absolute Gasteiger partial charge is 0.336 e. The van der Waals surface area contributed by atoms with Gasteiger partial charge in [-0.15, -0.1) is 0 Å². The van der Waals surface area contributed by atoms with Crippen LogP contribution >= 0.6 is 0 Å². The maximum absolute atomic E-state index is 11.2. The molecule has 1 unspecified atom stereocenters. The Hall–Kier alpha value is -2.10. The quantitative estimate of drug-likeness (QED) is 0.909. The van der Waals surface area contributed by atoms with Gasteiger partial charge in [0.15, 0.2) is 0 Å². The van der Waals surface area contributed by atoms with Crippen LogP contribution in [0, 0.1) is 0 Å². The molecule has 20 heavy (non-hydrogen) atoms. The van der Waals surface area contributed by atoms with Crippen LogP contribution in [0.1, 0.15) is 36.5 Å². The van der Waals surface area contributed by atoms with E-state index in [1.165, 1.54) is 19.3 Å². The summed E-state index contributed by atoms with van der Waals surface area (Å²) in [6.07, 6.45) is 3.66. The first-order valence-electron chi connectivity index (χ1n) is 7.06. The van der Waals surface area contributed by atoms with E-state index in [0.29, 0.717) is 17.0 Å². The zero-order chi connectivity index (χ0) is 14.1. The molecule has 1 fully saturated rings. The Balaban J connectivity index is 2.05. The van der Waals surface area contributed by atoms with Gasteiger partial charge in [0.1, 0.15) is 5.82 Å². The van der Waals surface area contributed by atoms with Gasteiger partial charge < -0.3 is 10.0 Å². The fraction of sp³-hybridized carbons (Fsp3) is 0.375. The first-order chi connectivity index (χ1) is 9.66. The number of carbonyl (C=O) groups is 1. The summed E-state index contributed by atoms with van der Waals surface area (Å²) >= 11 is 0. The second kappa shape index (κ2) is 5.12. The molecule has 0 radical (unpaired) electrons. The molecule has 1 atom stereocenters. The van der Waals surface area contributed by atoms with Gasteiger partial charge in [-0.1, -0.05) is 6.07 Å². The Bertz CT molecular complexity index is 654. The van der Waals surface area contributed by atoms with Gasteiger partial charge in [-0.05, 0) is 50.5 Å². The lowest BCUT2D eigenvalue weighted by Crippen LogP contribution is -2.37. The minimum atomic E-state index is -0.906. The lowest BCUT2D eigenvalue weighted by Gasteiger charge is -2.34. The van der Waals surface area contributed by atoms with Crippen molar-refractivity contribution in [2.45, 2.75) is 32.2 Å². The van der Waals surface area contributed by atoms with Gasteiger partial charge in [0, 0.05) is 18.0 Å². The molecule has 104 valence electrons. The van der Waals surface area contributed by atoms with Gasteiger partial charge in [-0.3, -0.25) is 0 Å². The molecule has 0 spiro atoms. The van der Waals surface area contributed by atoms with Crippen LogP contribution in [-0.2, 0) is 0 Å². The van der Waals surface area contributed by atoms with Crippen molar-refractivity contribution in [3.63, 3.8) is 0 Å². The molecule has 4 heteroatoms. The number of fused-ring (bicyclic) bond motifs is 1. The van der Waals surface area contributed by atoms with Crippen LogP contribution in [0.2, 0.25) is 0 Å². The van der Waals surface area contributed by atoms with E-state index in [4.69, 9.17) is 0 Å². The van der Waals surface area contributed by atoms with Crippen LogP contribution in [0.25, 0.3) is 10.9 Å². The number of aromatic nitrogens is 1. The number of benzene rings is 1. The average molecular weight is 270 g/mol. The number of aromatic carboxylic acids is 1. The predicted molar refractivity (Wildman–Crippen MR) is 79.4 cm³/mol. The summed E-state index contributed by atoms with van der Waals surface area (Å²) in [5.41, 5.74) is 1.06. The summed E-state index contributed by atoms with van der Waals surface area (Å²) in [6.45, 7) is 3.25. The zero-order valence-corrected chi connectivity index (χ0v) is 11.5. The van der Waals surface area contributed by atoms with Crippen molar-refractivity contribution in [1.29, 1.82) is 0 Å². The van der Waals surface area contributed by atoms with Gasteiger partial charge in [-0.2, -0.15) is 0 Å². The van der Waals surface area contributed by atoms with E-state index in [9.17, 15) is 9.90 Å². The third kappa shape index (κ3) is 2.22. The van der Waals surface area contributed by atoms with Crippen molar-refractivity contribution >= 4 is 22.7 Å². The maximum Gasteiger partial charge on any atom is 0.336 e. The van der Waals surface area contributed by atoms with E-state index >= 15 is 0 Å². The van der Waals surface area contributed by atoms with Crippen molar-refractivity contribution in [2.75, 3.05) is 11.4 Å². The molecule has 0 bridgehead atoms. The van der Waals surface area contributed by atoms with Gasteiger partial charge in [-0.25, -0.2) is 9.78 Å². The summed E-state index contributed by atoms with van der Waals surface area (Å²) in [5, 5.41) is 9.91. The summed E-state index contributed by atoms with van der Waals surface area (Å²) < 4.78 is 0. The molecule has 2 aromatic rings. The number of pyridine rings is 1. The van der Waals surface area contributed by atoms with Crippen LogP contribution in [-0.4, -0.2) is 28.6 Å². The third-order valence-electron chi connectivity index (χ3n) is 4.04. The van der Waals surface area contributed by atoms with Gasteiger partial charge in [0.25, 0.3) is 0 Å². The van der Waals surface area contributed by atoms with Crippen molar-refractivity contribution in [3.05, 3.63) is 35.9 Å². The summed E-state index contributed by atoms with van der Waals surface area (Å²) in [6, 6.07) is 9.56. The summed E-state index contributed by atoms with van der Waals surface area (Å²) in [4.78, 5) is 18.2. The molecule has 1 aromatic heterocycles. The molecule has 1 aliphatic heterocycles. The molecule has 1 N–H and O–H groups in total. The highest BCUT2D eigenvalue weighted by atomic mass is 16.4. The van der Waals surface area contributed by atoms with Crippen LogP contribution in [0.4, 0.5) is 5.82 Å². The standard InChI is InChI=1S/C16H18N2O2/c1-11-5-2-3-10-18(11)15-9-8-12-13(16(19)20)6-4-7-14(12)17-15/h4,6-9,11H,2-3,5,10H2,1H3,(H,19,20). The molecule has 4 nitrogen and oxygen atoms in total. The number of rotatable bonds is 2. The molecule has 3 rings (SSSR count). The fourth-order valence-electron chi connectivity index (χ4n) is 2.93. The van der Waals surface area contributed by atoms with E-state index in [1.54, 1.807) is 12.1 Å². The minimum Gasteiger partial charge on any atom is -0.478 e. The van der Waals surface area contributed by atoms with Crippen LogP contribution < -0.4 is 4.90 Å².